The third kappa shape index (κ3) is 7.20. The van der Waals surface area contributed by atoms with Gasteiger partial charge in [0.05, 0.1) is 13.7 Å². The van der Waals surface area contributed by atoms with Crippen molar-refractivity contribution in [2.75, 3.05) is 38.9 Å². The molecule has 0 saturated heterocycles. The summed E-state index contributed by atoms with van der Waals surface area (Å²) in [6.07, 6.45) is 3.06. The van der Waals surface area contributed by atoms with Gasteiger partial charge in [-0.1, -0.05) is 18.2 Å². The van der Waals surface area contributed by atoms with Gasteiger partial charge in [-0.15, -0.1) is 12.6 Å². The number of methoxy groups -OCH3 is 1. The van der Waals surface area contributed by atoms with Gasteiger partial charge in [0.1, 0.15) is 12.4 Å². The Balaban J connectivity index is 1.85. The molecule has 4 nitrogen and oxygen atoms in total. The maximum Gasteiger partial charge on any atom is 0.161 e. The van der Waals surface area contributed by atoms with E-state index in [2.05, 4.69) is 36.3 Å². The first-order chi connectivity index (χ1) is 13.2. The maximum atomic E-state index is 5.89. The quantitative estimate of drug-likeness (QED) is 0.405. The van der Waals surface area contributed by atoms with Gasteiger partial charge in [-0.25, -0.2) is 0 Å². The highest BCUT2D eigenvalue weighted by Crippen LogP contribution is 2.26. The molecule has 1 N–H and O–H groups in total. The first-order valence-electron chi connectivity index (χ1n) is 9.10. The highest BCUT2D eigenvalue weighted by Gasteiger charge is 2.11. The van der Waals surface area contributed by atoms with Gasteiger partial charge >= 0.3 is 0 Å². The molecule has 0 saturated carbocycles. The Bertz CT molecular complexity index is 697. The second-order valence-electron chi connectivity index (χ2n) is 6.04. The van der Waals surface area contributed by atoms with Gasteiger partial charge < -0.3 is 19.5 Å². The topological polar surface area (TPSA) is 39.7 Å². The Hall–Kier alpha value is -1.50. The smallest absolute Gasteiger partial charge is 0.161 e. The van der Waals surface area contributed by atoms with Gasteiger partial charge in [0.25, 0.3) is 0 Å². The third-order valence-corrected chi connectivity index (χ3v) is 5.12. The molecule has 0 spiro atoms. The predicted molar refractivity (Wildman–Crippen MR) is 117 cm³/mol. The number of rotatable bonds is 12. The van der Waals surface area contributed by atoms with E-state index in [0.717, 1.165) is 40.9 Å². The summed E-state index contributed by atoms with van der Waals surface area (Å²) in [5, 5.41) is 3.60. The molecule has 148 valence electrons. The molecule has 0 amide bonds. The fourth-order valence-corrected chi connectivity index (χ4v) is 3.78. The molecule has 1 atom stereocenters. The molecule has 0 fully saturated rings. The van der Waals surface area contributed by atoms with Crippen LogP contribution in [0.15, 0.2) is 47.4 Å². The second-order valence-corrected chi connectivity index (χ2v) is 7.44. The van der Waals surface area contributed by atoms with Crippen LogP contribution >= 0.6 is 24.4 Å². The van der Waals surface area contributed by atoms with Gasteiger partial charge in [0.15, 0.2) is 11.5 Å². The van der Waals surface area contributed by atoms with Crippen LogP contribution in [0.5, 0.6) is 17.2 Å². The summed E-state index contributed by atoms with van der Waals surface area (Å²) in [6.45, 7) is 3.97. The number of nitrogens with one attached hydrogen (secondary N) is 1. The molecule has 27 heavy (non-hydrogen) atoms. The molecule has 0 heterocycles. The molecule has 0 aliphatic heterocycles. The zero-order valence-electron chi connectivity index (χ0n) is 16.2. The summed E-state index contributed by atoms with van der Waals surface area (Å²) in [5.74, 6) is 3.42. The fourth-order valence-electron chi connectivity index (χ4n) is 2.81. The zero-order valence-corrected chi connectivity index (χ0v) is 17.9. The second kappa shape index (κ2) is 12.1. The summed E-state index contributed by atoms with van der Waals surface area (Å²) in [6, 6.07) is 14.3. The van der Waals surface area contributed by atoms with Crippen molar-refractivity contribution in [3.05, 3.63) is 48.0 Å². The van der Waals surface area contributed by atoms with E-state index in [4.69, 9.17) is 14.2 Å². The molecule has 6 heteroatoms. The monoisotopic (exact) mass is 407 g/mol. The van der Waals surface area contributed by atoms with Crippen molar-refractivity contribution >= 4 is 24.4 Å². The minimum Gasteiger partial charge on any atom is -0.496 e. The number of ether oxygens (including phenoxy) is 3. The largest absolute Gasteiger partial charge is 0.496 e. The Morgan fingerprint density at radius 3 is 2.44 bits per heavy atom. The number of thiol groups is 1. The van der Waals surface area contributed by atoms with Crippen LogP contribution in [0.2, 0.25) is 0 Å². The molecular formula is C21H29NO3S2. The molecule has 0 aliphatic rings. The summed E-state index contributed by atoms with van der Waals surface area (Å²) >= 11 is 6.33. The molecular weight excluding hydrogens is 378 g/mol. The summed E-state index contributed by atoms with van der Waals surface area (Å²) in [7, 11) is 1.66. The Morgan fingerprint density at radius 1 is 1.07 bits per heavy atom. The van der Waals surface area contributed by atoms with Crippen LogP contribution in [0.3, 0.4) is 0 Å². The van der Waals surface area contributed by atoms with Gasteiger partial charge in [-0.3, -0.25) is 0 Å². The van der Waals surface area contributed by atoms with E-state index >= 15 is 0 Å². The van der Waals surface area contributed by atoms with E-state index in [1.807, 2.05) is 49.0 Å². The number of hydrogen-bond donors (Lipinski definition) is 2. The number of para-hydroxylation sites is 2. The lowest BCUT2D eigenvalue weighted by Crippen LogP contribution is -2.36. The lowest BCUT2D eigenvalue weighted by atomic mass is 10.1. The van der Waals surface area contributed by atoms with E-state index in [1.165, 1.54) is 5.56 Å². The number of benzene rings is 2. The molecule has 0 radical (unpaired) electrons. The third-order valence-electron chi connectivity index (χ3n) is 4.03. The molecule has 2 aromatic rings. The standard InChI is InChI=1S/C21H29NO3S2/c1-4-24-18-7-5-6-8-19(18)25-12-11-22-17(15-27-3)13-16-9-10-20(23-2)21(26)14-16/h5-10,14,17,22,26H,4,11-13,15H2,1-3H3/t17-/m0/s1. The zero-order chi connectivity index (χ0) is 19.5. The fraction of sp³-hybridized carbons (Fsp3) is 0.429. The maximum absolute atomic E-state index is 5.89. The highest BCUT2D eigenvalue weighted by atomic mass is 32.2. The molecule has 0 unspecified atom stereocenters. The summed E-state index contributed by atoms with van der Waals surface area (Å²) < 4.78 is 16.8. The van der Waals surface area contributed by atoms with Gasteiger partial charge in [-0.2, -0.15) is 11.8 Å². The number of thioether (sulfide) groups is 1. The lowest BCUT2D eigenvalue weighted by Gasteiger charge is -2.19. The van der Waals surface area contributed by atoms with Crippen LogP contribution < -0.4 is 19.5 Å². The lowest BCUT2D eigenvalue weighted by molar-refractivity contribution is 0.272. The normalized spacial score (nSPS) is 11.9. The number of hydrogen-bond acceptors (Lipinski definition) is 6. The highest BCUT2D eigenvalue weighted by molar-refractivity contribution is 7.98. The minimum atomic E-state index is 0.367. The van der Waals surface area contributed by atoms with Crippen molar-refractivity contribution in [3.63, 3.8) is 0 Å². The first kappa shape index (κ1) is 21.8. The SMILES string of the molecule is CCOc1ccccc1OCCN[C@H](CSC)Cc1ccc(OC)c(S)c1. The van der Waals surface area contributed by atoms with Crippen LogP contribution in [0.1, 0.15) is 12.5 Å². The van der Waals surface area contributed by atoms with Crippen molar-refractivity contribution in [2.45, 2.75) is 24.3 Å². The molecule has 0 bridgehead atoms. The molecule has 0 aliphatic carbocycles. The van der Waals surface area contributed by atoms with Crippen LogP contribution in [-0.2, 0) is 6.42 Å². The predicted octanol–water partition coefficient (Wildman–Crippen LogP) is 4.33. The van der Waals surface area contributed by atoms with Crippen LogP contribution in [-0.4, -0.2) is 44.9 Å². The Labute approximate surface area is 172 Å². The average molecular weight is 408 g/mol. The van der Waals surface area contributed by atoms with Crippen molar-refractivity contribution in [2.24, 2.45) is 0 Å². The van der Waals surface area contributed by atoms with E-state index < -0.39 is 0 Å². The van der Waals surface area contributed by atoms with Crippen LogP contribution in [0.4, 0.5) is 0 Å². The average Bonchev–Trinajstić information content (AvgIpc) is 2.67. The molecule has 2 rings (SSSR count). The van der Waals surface area contributed by atoms with Gasteiger partial charge in [0.2, 0.25) is 0 Å². The first-order valence-corrected chi connectivity index (χ1v) is 10.9. The van der Waals surface area contributed by atoms with E-state index in [1.54, 1.807) is 7.11 Å². The Morgan fingerprint density at radius 2 is 1.81 bits per heavy atom. The van der Waals surface area contributed by atoms with Crippen LogP contribution in [0.25, 0.3) is 0 Å². The van der Waals surface area contributed by atoms with E-state index in [9.17, 15) is 0 Å². The van der Waals surface area contributed by atoms with Gasteiger partial charge in [-0.05, 0) is 49.4 Å². The van der Waals surface area contributed by atoms with Crippen molar-refractivity contribution in [1.29, 1.82) is 0 Å². The molecule has 2 aromatic carbocycles. The summed E-state index contributed by atoms with van der Waals surface area (Å²) in [5.41, 5.74) is 1.25. The minimum absolute atomic E-state index is 0.367. The van der Waals surface area contributed by atoms with E-state index in [0.29, 0.717) is 19.3 Å². The Kier molecular flexibility index (Phi) is 9.73. The summed E-state index contributed by atoms with van der Waals surface area (Å²) in [4.78, 5) is 0.869. The van der Waals surface area contributed by atoms with Crippen molar-refractivity contribution < 1.29 is 14.2 Å². The van der Waals surface area contributed by atoms with E-state index in [-0.39, 0.29) is 0 Å². The van der Waals surface area contributed by atoms with Crippen LogP contribution in [0, 0.1) is 0 Å². The van der Waals surface area contributed by atoms with Crippen molar-refractivity contribution in [1.82, 2.24) is 5.32 Å². The van der Waals surface area contributed by atoms with Crippen molar-refractivity contribution in [3.8, 4) is 17.2 Å². The van der Waals surface area contributed by atoms with Gasteiger partial charge in [0, 0.05) is 23.2 Å². The molecule has 0 aromatic heterocycles.